The first-order valence-electron chi connectivity index (χ1n) is 10.6. The number of amides is 1. The van der Waals surface area contributed by atoms with Crippen molar-refractivity contribution in [2.75, 3.05) is 5.32 Å². The molecule has 2 aromatic heterocycles. The lowest BCUT2D eigenvalue weighted by molar-refractivity contribution is -0.112. The molecule has 0 saturated heterocycles. The quantitative estimate of drug-likeness (QED) is 0.205. The normalized spacial score (nSPS) is 10.9. The predicted octanol–water partition coefficient (Wildman–Crippen LogP) is 7.23. The minimum absolute atomic E-state index is 0.309. The van der Waals surface area contributed by atoms with Gasteiger partial charge in [-0.3, -0.25) is 9.59 Å². The molecule has 0 bridgehead atoms. The van der Waals surface area contributed by atoms with Gasteiger partial charge in [-0.15, -0.1) is 0 Å². The molecule has 4 nitrogen and oxygen atoms in total. The number of benzene rings is 3. The SMILES string of the molecule is O=C(Nc1ccccc1Sc1ccccc1)C(=O)c1c(-c2ccc(Cl)cc2)cc2ccccn12. The number of pyridine rings is 1. The molecule has 0 radical (unpaired) electrons. The van der Waals surface area contributed by atoms with Crippen LogP contribution >= 0.6 is 23.4 Å². The van der Waals surface area contributed by atoms with E-state index in [2.05, 4.69) is 5.32 Å². The van der Waals surface area contributed by atoms with Crippen molar-refractivity contribution < 1.29 is 9.59 Å². The molecule has 5 aromatic rings. The molecular formula is C28H19ClN2O2S. The first-order chi connectivity index (χ1) is 16.6. The van der Waals surface area contributed by atoms with Crippen LogP contribution in [0.1, 0.15) is 10.5 Å². The van der Waals surface area contributed by atoms with Gasteiger partial charge in [-0.2, -0.15) is 0 Å². The lowest BCUT2D eigenvalue weighted by atomic mass is 10.0. The average molecular weight is 483 g/mol. The maximum Gasteiger partial charge on any atom is 0.298 e. The van der Waals surface area contributed by atoms with Crippen molar-refractivity contribution >= 4 is 46.3 Å². The van der Waals surface area contributed by atoms with Gasteiger partial charge in [0.2, 0.25) is 0 Å². The number of nitrogens with one attached hydrogen (secondary N) is 1. The van der Waals surface area contributed by atoms with Crippen molar-refractivity contribution in [3.05, 3.63) is 120 Å². The summed E-state index contributed by atoms with van der Waals surface area (Å²) in [6, 6.07) is 32.1. The van der Waals surface area contributed by atoms with E-state index in [4.69, 9.17) is 11.6 Å². The molecule has 2 heterocycles. The smallest absolute Gasteiger partial charge is 0.298 e. The van der Waals surface area contributed by atoms with E-state index in [0.29, 0.717) is 22.0 Å². The van der Waals surface area contributed by atoms with Gasteiger partial charge in [-0.05, 0) is 60.2 Å². The first-order valence-corrected chi connectivity index (χ1v) is 11.8. The van der Waals surface area contributed by atoms with Gasteiger partial charge in [0.1, 0.15) is 5.69 Å². The number of halogens is 1. The number of nitrogens with zero attached hydrogens (tertiary/aromatic N) is 1. The zero-order valence-corrected chi connectivity index (χ0v) is 19.5. The summed E-state index contributed by atoms with van der Waals surface area (Å²) in [5.41, 5.74) is 3.20. The van der Waals surface area contributed by atoms with E-state index in [9.17, 15) is 9.59 Å². The van der Waals surface area contributed by atoms with E-state index in [1.165, 1.54) is 11.8 Å². The van der Waals surface area contributed by atoms with E-state index in [1.807, 2.05) is 84.9 Å². The highest BCUT2D eigenvalue weighted by Gasteiger charge is 2.25. The number of fused-ring (bicyclic) bond motifs is 1. The molecule has 0 spiro atoms. The van der Waals surface area contributed by atoms with Crippen molar-refractivity contribution in [3.8, 4) is 11.1 Å². The Morgan fingerprint density at radius 2 is 1.50 bits per heavy atom. The van der Waals surface area contributed by atoms with E-state index in [0.717, 1.165) is 20.9 Å². The second-order valence-corrected chi connectivity index (χ2v) is 9.16. The molecule has 6 heteroatoms. The number of aromatic nitrogens is 1. The van der Waals surface area contributed by atoms with E-state index in [-0.39, 0.29) is 0 Å². The fourth-order valence-corrected chi connectivity index (χ4v) is 4.81. The van der Waals surface area contributed by atoms with Crippen LogP contribution in [0.5, 0.6) is 0 Å². The van der Waals surface area contributed by atoms with E-state index in [1.54, 1.807) is 28.8 Å². The van der Waals surface area contributed by atoms with Crippen LogP contribution in [0.2, 0.25) is 5.02 Å². The Labute approximate surface area is 206 Å². The van der Waals surface area contributed by atoms with Crippen molar-refractivity contribution in [1.82, 2.24) is 4.40 Å². The van der Waals surface area contributed by atoms with Crippen LogP contribution in [-0.2, 0) is 4.79 Å². The number of Topliss-reactive ketones (excluding diaryl/α,β-unsaturated/α-hetero) is 1. The standard InChI is InChI=1S/C28H19ClN2O2S/c29-20-15-13-19(14-16-20)23-18-21-8-6-7-17-31(21)26(23)27(32)28(33)30-24-11-4-5-12-25(24)34-22-9-2-1-3-10-22/h1-18H,(H,30,33). The number of carbonyl (C=O) groups is 2. The van der Waals surface area contributed by atoms with Gasteiger partial charge < -0.3 is 9.72 Å². The number of anilines is 1. The summed E-state index contributed by atoms with van der Waals surface area (Å²) in [5, 5.41) is 3.43. The Morgan fingerprint density at radius 1 is 0.794 bits per heavy atom. The van der Waals surface area contributed by atoms with Gasteiger partial charge in [0.15, 0.2) is 0 Å². The highest BCUT2D eigenvalue weighted by atomic mass is 35.5. The highest BCUT2D eigenvalue weighted by molar-refractivity contribution is 7.99. The monoisotopic (exact) mass is 482 g/mol. The number of rotatable bonds is 6. The minimum atomic E-state index is -0.694. The van der Waals surface area contributed by atoms with Gasteiger partial charge in [-0.1, -0.05) is 71.9 Å². The Morgan fingerprint density at radius 3 is 2.29 bits per heavy atom. The molecule has 0 aliphatic heterocycles. The fraction of sp³-hybridized carbons (Fsp3) is 0. The number of carbonyl (C=O) groups excluding carboxylic acids is 2. The van der Waals surface area contributed by atoms with E-state index < -0.39 is 11.7 Å². The Balaban J connectivity index is 1.49. The van der Waals surface area contributed by atoms with Crippen molar-refractivity contribution in [2.45, 2.75) is 9.79 Å². The molecule has 34 heavy (non-hydrogen) atoms. The van der Waals surface area contributed by atoms with Crippen LogP contribution in [-0.4, -0.2) is 16.1 Å². The van der Waals surface area contributed by atoms with Gasteiger partial charge in [0.05, 0.1) is 5.69 Å². The second kappa shape index (κ2) is 9.59. The van der Waals surface area contributed by atoms with Gasteiger partial charge in [0.25, 0.3) is 11.7 Å². The molecule has 0 aliphatic carbocycles. The molecule has 1 N–H and O–H groups in total. The third kappa shape index (κ3) is 4.49. The van der Waals surface area contributed by atoms with Crippen LogP contribution in [0, 0.1) is 0 Å². The Hall–Kier alpha value is -3.80. The minimum Gasteiger partial charge on any atom is -0.318 e. The zero-order valence-electron chi connectivity index (χ0n) is 17.9. The van der Waals surface area contributed by atoms with Gasteiger partial charge >= 0.3 is 0 Å². The summed E-state index contributed by atoms with van der Waals surface area (Å²) in [4.78, 5) is 28.6. The molecule has 3 aromatic carbocycles. The molecule has 0 fully saturated rings. The molecule has 0 unspecified atom stereocenters. The maximum absolute atomic E-state index is 13.5. The summed E-state index contributed by atoms with van der Waals surface area (Å²) in [5.74, 6) is -1.31. The molecular weight excluding hydrogens is 464 g/mol. The third-order valence-corrected chi connectivity index (χ3v) is 6.70. The first kappa shape index (κ1) is 22.0. The fourth-order valence-electron chi connectivity index (χ4n) is 3.77. The second-order valence-electron chi connectivity index (χ2n) is 7.60. The van der Waals surface area contributed by atoms with E-state index >= 15 is 0 Å². The van der Waals surface area contributed by atoms with Crippen LogP contribution in [0.25, 0.3) is 16.6 Å². The van der Waals surface area contributed by atoms with Gasteiger partial charge in [0, 0.05) is 32.1 Å². The highest BCUT2D eigenvalue weighted by Crippen LogP contribution is 2.34. The molecule has 166 valence electrons. The van der Waals surface area contributed by atoms with Crippen LogP contribution in [0.4, 0.5) is 5.69 Å². The van der Waals surface area contributed by atoms with Crippen LogP contribution < -0.4 is 5.32 Å². The summed E-state index contributed by atoms with van der Waals surface area (Å²) in [7, 11) is 0. The van der Waals surface area contributed by atoms with Crippen LogP contribution in [0.3, 0.4) is 0 Å². The molecule has 0 aliphatic rings. The molecule has 1 amide bonds. The molecule has 5 rings (SSSR count). The number of hydrogen-bond donors (Lipinski definition) is 1. The van der Waals surface area contributed by atoms with Crippen molar-refractivity contribution in [2.24, 2.45) is 0 Å². The molecule has 0 saturated carbocycles. The van der Waals surface area contributed by atoms with Crippen molar-refractivity contribution in [1.29, 1.82) is 0 Å². The Kier molecular flexibility index (Phi) is 6.21. The number of hydrogen-bond acceptors (Lipinski definition) is 3. The summed E-state index contributed by atoms with van der Waals surface area (Å²) in [6.45, 7) is 0. The lowest BCUT2D eigenvalue weighted by Crippen LogP contribution is -2.25. The maximum atomic E-state index is 13.5. The lowest BCUT2D eigenvalue weighted by Gasteiger charge is -2.11. The van der Waals surface area contributed by atoms with Gasteiger partial charge in [-0.25, -0.2) is 0 Å². The predicted molar refractivity (Wildman–Crippen MR) is 138 cm³/mol. The summed E-state index contributed by atoms with van der Waals surface area (Å²) < 4.78 is 1.75. The largest absolute Gasteiger partial charge is 0.318 e. The zero-order chi connectivity index (χ0) is 23.5. The van der Waals surface area contributed by atoms with Crippen molar-refractivity contribution in [3.63, 3.8) is 0 Å². The number of ketones is 1. The average Bonchev–Trinajstić information content (AvgIpc) is 3.25. The Bertz CT molecular complexity index is 1490. The van der Waals surface area contributed by atoms with Crippen LogP contribution in [0.15, 0.2) is 119 Å². The summed E-state index contributed by atoms with van der Waals surface area (Å²) in [6.07, 6.45) is 1.79. The molecule has 0 atom stereocenters. The topological polar surface area (TPSA) is 50.6 Å². The summed E-state index contributed by atoms with van der Waals surface area (Å²) >= 11 is 7.58. The number of para-hydroxylation sites is 1. The third-order valence-electron chi connectivity index (χ3n) is 5.36.